The first-order valence-electron chi connectivity index (χ1n) is 13.4. The van der Waals surface area contributed by atoms with Gasteiger partial charge in [-0.3, -0.25) is 9.63 Å². The summed E-state index contributed by atoms with van der Waals surface area (Å²) in [4.78, 5) is 31.6. The molecule has 0 spiro atoms. The maximum atomic E-state index is 13.9. The molecule has 1 atom stereocenters. The van der Waals surface area contributed by atoms with Crippen LogP contribution in [0.25, 0.3) is 0 Å². The lowest BCUT2D eigenvalue weighted by Crippen LogP contribution is -2.46. The van der Waals surface area contributed by atoms with Gasteiger partial charge in [0, 0.05) is 44.7 Å². The maximum absolute atomic E-state index is 13.9. The van der Waals surface area contributed by atoms with Gasteiger partial charge in [-0.2, -0.15) is 0 Å². The minimum atomic E-state index is -0.302. The second-order valence-electron chi connectivity index (χ2n) is 9.59. The molecule has 0 saturated carbocycles. The molecule has 2 saturated heterocycles. The van der Waals surface area contributed by atoms with Gasteiger partial charge in [0.05, 0.1) is 36.8 Å². The monoisotopic (exact) mass is 547 g/mol. The van der Waals surface area contributed by atoms with Gasteiger partial charge in [-0.1, -0.05) is 25.6 Å². The standard InChI is InChI=1S/C29H34FN7O3/c1-4-29(38)34-22-16-23(26(39-3)17-25(22)36-12-10-35(5-2)11-13-36)33-27-18-28(32-19-31-27)37-24(9-14-40-37)20-7-6-8-21(30)15-20/h4,6-8,15-19,24H,1,5,9-14H2,2-3H3,(H,34,38)(H,31,32,33)/t24-/m1/s1. The molecule has 2 fully saturated rings. The number of likely N-dealkylation sites (N-methyl/N-ethyl adjacent to an activating group) is 1. The van der Waals surface area contributed by atoms with Crippen molar-refractivity contribution in [3.05, 3.63) is 72.8 Å². The fourth-order valence-corrected chi connectivity index (χ4v) is 5.07. The number of hydroxylamine groups is 1. The average molecular weight is 548 g/mol. The molecule has 0 aliphatic carbocycles. The van der Waals surface area contributed by atoms with Gasteiger partial charge in [0.25, 0.3) is 0 Å². The normalized spacial score (nSPS) is 17.5. The number of benzene rings is 2. The van der Waals surface area contributed by atoms with E-state index in [1.807, 2.05) is 18.2 Å². The Bertz CT molecular complexity index is 1360. The van der Waals surface area contributed by atoms with Crippen molar-refractivity contribution in [1.29, 1.82) is 0 Å². The summed E-state index contributed by atoms with van der Waals surface area (Å²) in [6, 6.07) is 11.9. The Hall–Kier alpha value is -4.22. The maximum Gasteiger partial charge on any atom is 0.247 e. The van der Waals surface area contributed by atoms with Gasteiger partial charge in [-0.15, -0.1) is 0 Å². The Labute approximate surface area is 233 Å². The van der Waals surface area contributed by atoms with Crippen LogP contribution >= 0.6 is 0 Å². The van der Waals surface area contributed by atoms with E-state index in [9.17, 15) is 9.18 Å². The van der Waals surface area contributed by atoms with Crippen molar-refractivity contribution in [2.45, 2.75) is 19.4 Å². The van der Waals surface area contributed by atoms with Crippen LogP contribution in [0.5, 0.6) is 5.75 Å². The highest BCUT2D eigenvalue weighted by Crippen LogP contribution is 2.40. The molecule has 1 amide bonds. The van der Waals surface area contributed by atoms with Gasteiger partial charge < -0.3 is 25.2 Å². The number of hydrogen-bond donors (Lipinski definition) is 2. The number of piperazine rings is 1. The first kappa shape index (κ1) is 27.4. The third-order valence-electron chi connectivity index (χ3n) is 7.20. The highest BCUT2D eigenvalue weighted by molar-refractivity contribution is 6.02. The zero-order valence-electron chi connectivity index (χ0n) is 22.8. The number of ether oxygens (including phenoxy) is 1. The molecule has 0 bridgehead atoms. The molecule has 5 rings (SSSR count). The molecule has 3 aromatic rings. The Morgan fingerprint density at radius 2 is 2.00 bits per heavy atom. The van der Waals surface area contributed by atoms with Gasteiger partial charge >= 0.3 is 0 Å². The fourth-order valence-electron chi connectivity index (χ4n) is 5.07. The lowest BCUT2D eigenvalue weighted by molar-refractivity contribution is -0.111. The molecule has 40 heavy (non-hydrogen) atoms. The first-order valence-corrected chi connectivity index (χ1v) is 13.4. The van der Waals surface area contributed by atoms with Crippen molar-refractivity contribution >= 4 is 34.6 Å². The molecule has 2 aliphatic heterocycles. The van der Waals surface area contributed by atoms with Crippen LogP contribution in [-0.4, -0.2) is 67.2 Å². The quantitative estimate of drug-likeness (QED) is 0.375. The first-order chi connectivity index (χ1) is 19.5. The molecular weight excluding hydrogens is 513 g/mol. The van der Waals surface area contributed by atoms with E-state index in [0.717, 1.165) is 44.0 Å². The lowest BCUT2D eigenvalue weighted by atomic mass is 10.0. The zero-order chi connectivity index (χ0) is 28.1. The summed E-state index contributed by atoms with van der Waals surface area (Å²) in [6.45, 7) is 10.8. The van der Waals surface area contributed by atoms with Crippen LogP contribution in [0.3, 0.4) is 0 Å². The van der Waals surface area contributed by atoms with Crippen LogP contribution in [0.15, 0.2) is 61.4 Å². The third-order valence-corrected chi connectivity index (χ3v) is 7.20. The number of amides is 1. The van der Waals surface area contributed by atoms with Gasteiger partial charge in [-0.05, 0) is 36.4 Å². The van der Waals surface area contributed by atoms with Crippen molar-refractivity contribution < 1.29 is 18.8 Å². The van der Waals surface area contributed by atoms with Crippen LogP contribution in [0, 0.1) is 5.82 Å². The summed E-state index contributed by atoms with van der Waals surface area (Å²) >= 11 is 0. The van der Waals surface area contributed by atoms with Crippen LogP contribution in [0.2, 0.25) is 0 Å². The van der Waals surface area contributed by atoms with E-state index in [2.05, 4.69) is 43.9 Å². The van der Waals surface area contributed by atoms with E-state index in [-0.39, 0.29) is 17.8 Å². The molecule has 3 heterocycles. The lowest BCUT2D eigenvalue weighted by Gasteiger charge is -2.36. The van der Waals surface area contributed by atoms with E-state index < -0.39 is 0 Å². The number of carbonyl (C=O) groups is 1. The smallest absolute Gasteiger partial charge is 0.247 e. The van der Waals surface area contributed by atoms with Crippen molar-refractivity contribution in [2.24, 2.45) is 0 Å². The summed E-state index contributed by atoms with van der Waals surface area (Å²) in [5.41, 5.74) is 2.94. The minimum Gasteiger partial charge on any atom is -0.494 e. The van der Waals surface area contributed by atoms with E-state index in [0.29, 0.717) is 41.8 Å². The fraction of sp³-hybridized carbons (Fsp3) is 0.345. The molecule has 11 heteroatoms. The van der Waals surface area contributed by atoms with E-state index in [1.54, 1.807) is 24.3 Å². The minimum absolute atomic E-state index is 0.179. The van der Waals surface area contributed by atoms with E-state index >= 15 is 0 Å². The summed E-state index contributed by atoms with van der Waals surface area (Å²) in [5.74, 6) is 1.04. The number of anilines is 5. The highest BCUT2D eigenvalue weighted by Gasteiger charge is 2.29. The average Bonchev–Trinajstić information content (AvgIpc) is 3.48. The summed E-state index contributed by atoms with van der Waals surface area (Å²) in [5, 5.41) is 7.94. The number of halogens is 1. The number of methoxy groups -OCH3 is 1. The van der Waals surface area contributed by atoms with Crippen molar-refractivity contribution in [2.75, 3.05) is 67.0 Å². The predicted octanol–water partition coefficient (Wildman–Crippen LogP) is 4.52. The van der Waals surface area contributed by atoms with E-state index in [4.69, 9.17) is 9.57 Å². The molecule has 2 N–H and O–H groups in total. The van der Waals surface area contributed by atoms with Crippen LogP contribution in [-0.2, 0) is 9.63 Å². The SMILES string of the molecule is C=CC(=O)Nc1cc(Nc2cc(N3OCC[C@@H]3c3cccc(F)c3)ncn2)c(OC)cc1N1CCN(CC)CC1. The molecular formula is C29H34FN7O3. The van der Waals surface area contributed by atoms with Gasteiger partial charge in [0.15, 0.2) is 5.82 Å². The molecule has 0 unspecified atom stereocenters. The molecule has 1 aromatic heterocycles. The molecule has 0 radical (unpaired) electrons. The number of aromatic nitrogens is 2. The van der Waals surface area contributed by atoms with Crippen molar-refractivity contribution in [3.63, 3.8) is 0 Å². The summed E-state index contributed by atoms with van der Waals surface area (Å²) in [7, 11) is 1.61. The Morgan fingerprint density at radius 1 is 1.18 bits per heavy atom. The third kappa shape index (κ3) is 6.00. The van der Waals surface area contributed by atoms with Crippen molar-refractivity contribution in [1.82, 2.24) is 14.9 Å². The van der Waals surface area contributed by atoms with Gasteiger partial charge in [0.1, 0.15) is 23.7 Å². The largest absolute Gasteiger partial charge is 0.494 e. The number of hydrogen-bond acceptors (Lipinski definition) is 9. The summed E-state index contributed by atoms with van der Waals surface area (Å²) < 4.78 is 19.6. The highest BCUT2D eigenvalue weighted by atomic mass is 19.1. The van der Waals surface area contributed by atoms with Gasteiger partial charge in [0.2, 0.25) is 5.91 Å². The molecule has 210 valence electrons. The van der Waals surface area contributed by atoms with Crippen LogP contribution in [0.1, 0.15) is 24.9 Å². The molecule has 2 aliphatic rings. The van der Waals surface area contributed by atoms with Crippen molar-refractivity contribution in [3.8, 4) is 5.75 Å². The van der Waals surface area contributed by atoms with Crippen LogP contribution in [0.4, 0.5) is 33.1 Å². The number of nitrogens with zero attached hydrogens (tertiary/aromatic N) is 5. The Morgan fingerprint density at radius 3 is 2.73 bits per heavy atom. The topological polar surface area (TPSA) is 95.1 Å². The number of nitrogens with one attached hydrogen (secondary N) is 2. The Kier molecular flexibility index (Phi) is 8.42. The number of rotatable bonds is 9. The predicted molar refractivity (Wildman–Crippen MR) is 154 cm³/mol. The second-order valence-corrected chi connectivity index (χ2v) is 9.59. The molecule has 10 nitrogen and oxygen atoms in total. The van der Waals surface area contributed by atoms with Gasteiger partial charge in [-0.25, -0.2) is 19.4 Å². The Balaban J connectivity index is 1.43. The summed E-state index contributed by atoms with van der Waals surface area (Å²) in [6.07, 6.45) is 3.39. The van der Waals surface area contributed by atoms with E-state index in [1.165, 1.54) is 24.5 Å². The zero-order valence-corrected chi connectivity index (χ0v) is 22.8. The van der Waals surface area contributed by atoms with Crippen LogP contribution < -0.4 is 25.3 Å². The molecule has 2 aromatic carbocycles. The second kappa shape index (κ2) is 12.3. The number of carbonyl (C=O) groups excluding carboxylic acids is 1.